The van der Waals surface area contributed by atoms with Gasteiger partial charge in [0.05, 0.1) is 6.10 Å². The van der Waals surface area contributed by atoms with E-state index in [1.165, 1.54) is 14.0 Å². The first kappa shape index (κ1) is 20.0. The number of benzene rings is 1. The molecule has 8 heteroatoms. The highest BCUT2D eigenvalue weighted by atomic mass is 19.1. The molecule has 1 aromatic carbocycles. The first-order valence-corrected chi connectivity index (χ1v) is 7.32. The lowest BCUT2D eigenvalue weighted by Crippen LogP contribution is -2.43. The molecule has 0 bridgehead atoms. The SMILES string of the molecule is COCO[C@H](C(=O)N[C@@H](C)C(=O)OC(C)C)c1cc(F)cc(F)c1. The van der Waals surface area contributed by atoms with Gasteiger partial charge < -0.3 is 19.5 Å². The van der Waals surface area contributed by atoms with E-state index in [1.807, 2.05) is 0 Å². The number of rotatable bonds is 8. The van der Waals surface area contributed by atoms with Crippen LogP contribution in [0, 0.1) is 11.6 Å². The zero-order valence-corrected chi connectivity index (χ0v) is 14.0. The van der Waals surface area contributed by atoms with E-state index >= 15 is 0 Å². The Morgan fingerprint density at radius 2 is 1.71 bits per heavy atom. The summed E-state index contributed by atoms with van der Waals surface area (Å²) in [6.07, 6.45) is -1.68. The van der Waals surface area contributed by atoms with Crippen LogP contribution in [0.2, 0.25) is 0 Å². The fourth-order valence-corrected chi connectivity index (χ4v) is 1.87. The van der Waals surface area contributed by atoms with Crippen LogP contribution in [-0.2, 0) is 23.8 Å². The van der Waals surface area contributed by atoms with Gasteiger partial charge in [-0.25, -0.2) is 13.6 Å². The Morgan fingerprint density at radius 1 is 1.12 bits per heavy atom. The van der Waals surface area contributed by atoms with Crippen LogP contribution in [0.15, 0.2) is 18.2 Å². The molecule has 0 saturated heterocycles. The Balaban J connectivity index is 2.90. The fourth-order valence-electron chi connectivity index (χ4n) is 1.87. The summed E-state index contributed by atoms with van der Waals surface area (Å²) in [5.74, 6) is -3.08. The van der Waals surface area contributed by atoms with Crippen LogP contribution >= 0.6 is 0 Å². The molecular formula is C16H21F2NO5. The van der Waals surface area contributed by atoms with Crippen LogP contribution in [0.3, 0.4) is 0 Å². The number of amides is 1. The summed E-state index contributed by atoms with van der Waals surface area (Å²) < 4.78 is 41.6. The minimum atomic E-state index is -1.34. The third-order valence-electron chi connectivity index (χ3n) is 2.84. The summed E-state index contributed by atoms with van der Waals surface area (Å²) in [7, 11) is 1.34. The number of carbonyl (C=O) groups is 2. The van der Waals surface area contributed by atoms with Crippen molar-refractivity contribution in [1.82, 2.24) is 5.32 Å². The van der Waals surface area contributed by atoms with Crippen LogP contribution in [0.5, 0.6) is 0 Å². The number of methoxy groups -OCH3 is 1. The summed E-state index contributed by atoms with van der Waals surface area (Å²) in [5.41, 5.74) is -0.0357. The largest absolute Gasteiger partial charge is 0.461 e. The third kappa shape index (κ3) is 6.21. The average Bonchev–Trinajstić information content (AvgIpc) is 2.45. The Bertz CT molecular complexity index is 559. The van der Waals surface area contributed by atoms with Crippen LogP contribution in [0.25, 0.3) is 0 Å². The van der Waals surface area contributed by atoms with E-state index in [9.17, 15) is 18.4 Å². The molecular weight excluding hydrogens is 324 g/mol. The van der Waals surface area contributed by atoms with Crippen molar-refractivity contribution in [3.05, 3.63) is 35.4 Å². The van der Waals surface area contributed by atoms with Crippen molar-refractivity contribution in [2.45, 2.75) is 39.0 Å². The lowest BCUT2D eigenvalue weighted by atomic mass is 10.1. The van der Waals surface area contributed by atoms with E-state index in [0.717, 1.165) is 12.1 Å². The molecule has 24 heavy (non-hydrogen) atoms. The first-order chi connectivity index (χ1) is 11.2. The number of ether oxygens (including phenoxy) is 3. The average molecular weight is 345 g/mol. The van der Waals surface area contributed by atoms with Gasteiger partial charge in [-0.1, -0.05) is 0 Å². The normalized spacial score (nSPS) is 13.5. The molecule has 2 atom stereocenters. The molecule has 0 unspecified atom stereocenters. The lowest BCUT2D eigenvalue weighted by molar-refractivity contribution is -0.154. The van der Waals surface area contributed by atoms with Gasteiger partial charge >= 0.3 is 5.97 Å². The summed E-state index contributed by atoms with van der Waals surface area (Å²) in [6, 6.07) is 1.67. The van der Waals surface area contributed by atoms with Gasteiger partial charge in [0.15, 0.2) is 6.10 Å². The predicted octanol–water partition coefficient (Wildman–Crippen LogP) is 2.08. The second kappa shape index (κ2) is 9.29. The summed E-state index contributed by atoms with van der Waals surface area (Å²) >= 11 is 0. The molecule has 0 spiro atoms. The molecule has 0 heterocycles. The summed E-state index contributed by atoms with van der Waals surface area (Å²) in [5, 5.41) is 2.39. The third-order valence-corrected chi connectivity index (χ3v) is 2.84. The molecule has 0 aliphatic carbocycles. The van der Waals surface area contributed by atoms with Gasteiger partial charge in [0.25, 0.3) is 5.91 Å². The molecule has 0 saturated carbocycles. The van der Waals surface area contributed by atoms with Gasteiger partial charge in [-0.15, -0.1) is 0 Å². The van der Waals surface area contributed by atoms with Gasteiger partial charge in [0.1, 0.15) is 24.5 Å². The minimum Gasteiger partial charge on any atom is -0.461 e. The number of hydrogen-bond donors (Lipinski definition) is 1. The van der Waals surface area contributed by atoms with Crippen molar-refractivity contribution < 1.29 is 32.6 Å². The second-order valence-electron chi connectivity index (χ2n) is 5.37. The Hall–Kier alpha value is -2.06. The van der Waals surface area contributed by atoms with Crippen molar-refractivity contribution in [3.8, 4) is 0 Å². The molecule has 0 aromatic heterocycles. The zero-order chi connectivity index (χ0) is 18.3. The number of carbonyl (C=O) groups excluding carboxylic acids is 2. The molecule has 0 radical (unpaired) electrons. The standard InChI is InChI=1S/C16H21F2NO5/c1-9(2)24-16(21)10(3)19-15(20)14(23-8-22-4)11-5-12(17)7-13(18)6-11/h5-7,9-10,14H,8H2,1-4H3,(H,19,20)/t10-,14-/m0/s1. The maximum atomic E-state index is 13.4. The number of nitrogens with one attached hydrogen (secondary N) is 1. The highest BCUT2D eigenvalue weighted by molar-refractivity contribution is 5.87. The van der Waals surface area contributed by atoms with E-state index in [4.69, 9.17) is 14.2 Å². The van der Waals surface area contributed by atoms with Crippen LogP contribution in [0.4, 0.5) is 8.78 Å². The maximum Gasteiger partial charge on any atom is 0.328 e. The molecule has 0 aliphatic heterocycles. The van der Waals surface area contributed by atoms with Crippen molar-refractivity contribution in [2.24, 2.45) is 0 Å². The van der Waals surface area contributed by atoms with Gasteiger partial charge in [0.2, 0.25) is 0 Å². The molecule has 134 valence electrons. The molecule has 1 aromatic rings. The van der Waals surface area contributed by atoms with Gasteiger partial charge in [-0.3, -0.25) is 4.79 Å². The smallest absolute Gasteiger partial charge is 0.328 e. The van der Waals surface area contributed by atoms with Crippen LogP contribution in [-0.4, -0.2) is 37.9 Å². The predicted molar refractivity (Wildman–Crippen MR) is 80.9 cm³/mol. The van der Waals surface area contributed by atoms with E-state index < -0.39 is 35.7 Å². The molecule has 1 N–H and O–H groups in total. The molecule has 1 amide bonds. The Labute approximate surface area is 139 Å². The van der Waals surface area contributed by atoms with Crippen LogP contribution < -0.4 is 5.32 Å². The van der Waals surface area contributed by atoms with Crippen LogP contribution in [0.1, 0.15) is 32.4 Å². The quantitative estimate of drug-likeness (QED) is 0.577. The molecule has 1 rings (SSSR count). The molecule has 6 nitrogen and oxygen atoms in total. The topological polar surface area (TPSA) is 73.9 Å². The van der Waals surface area contributed by atoms with E-state index in [1.54, 1.807) is 13.8 Å². The minimum absolute atomic E-state index is 0.0357. The summed E-state index contributed by atoms with van der Waals surface area (Å²) in [4.78, 5) is 24.1. The highest BCUT2D eigenvalue weighted by Gasteiger charge is 2.27. The number of halogens is 2. The lowest BCUT2D eigenvalue weighted by Gasteiger charge is -2.21. The van der Waals surface area contributed by atoms with E-state index in [2.05, 4.69) is 5.32 Å². The number of esters is 1. The van der Waals surface area contributed by atoms with Crippen molar-refractivity contribution in [1.29, 1.82) is 0 Å². The van der Waals surface area contributed by atoms with E-state index in [0.29, 0.717) is 6.07 Å². The molecule has 0 fully saturated rings. The van der Waals surface area contributed by atoms with Gasteiger partial charge in [-0.2, -0.15) is 0 Å². The zero-order valence-electron chi connectivity index (χ0n) is 14.0. The fraction of sp³-hybridized carbons (Fsp3) is 0.500. The highest BCUT2D eigenvalue weighted by Crippen LogP contribution is 2.20. The van der Waals surface area contributed by atoms with Crippen molar-refractivity contribution in [3.63, 3.8) is 0 Å². The Morgan fingerprint density at radius 3 is 2.21 bits per heavy atom. The number of hydrogen-bond acceptors (Lipinski definition) is 5. The van der Waals surface area contributed by atoms with Gasteiger partial charge in [0, 0.05) is 13.2 Å². The van der Waals surface area contributed by atoms with Crippen molar-refractivity contribution in [2.75, 3.05) is 13.9 Å². The maximum absolute atomic E-state index is 13.4. The summed E-state index contributed by atoms with van der Waals surface area (Å²) in [6.45, 7) is 4.50. The monoisotopic (exact) mass is 345 g/mol. The molecule has 0 aliphatic rings. The first-order valence-electron chi connectivity index (χ1n) is 7.32. The second-order valence-corrected chi connectivity index (χ2v) is 5.37. The van der Waals surface area contributed by atoms with E-state index in [-0.39, 0.29) is 18.5 Å². The van der Waals surface area contributed by atoms with Crippen molar-refractivity contribution >= 4 is 11.9 Å². The Kier molecular flexibility index (Phi) is 7.73. The van der Waals surface area contributed by atoms with Gasteiger partial charge in [-0.05, 0) is 38.5 Å².